The van der Waals surface area contributed by atoms with E-state index in [-0.39, 0.29) is 24.8 Å². The van der Waals surface area contributed by atoms with E-state index in [0.29, 0.717) is 29.5 Å². The first kappa shape index (κ1) is 20.6. The highest BCUT2D eigenvalue weighted by molar-refractivity contribution is 9.10. The Morgan fingerprint density at radius 2 is 1.82 bits per heavy atom. The number of anilines is 2. The predicted molar refractivity (Wildman–Crippen MR) is 114 cm³/mol. The first-order valence-corrected chi connectivity index (χ1v) is 10.2. The molecule has 28 heavy (non-hydrogen) atoms. The average Bonchev–Trinajstić information content (AvgIpc) is 2.69. The molecule has 0 radical (unpaired) electrons. The minimum Gasteiger partial charge on any atom is -0.378 e. The number of hydrogen-bond acceptors (Lipinski definition) is 4. The van der Waals surface area contributed by atoms with Crippen molar-refractivity contribution in [1.29, 1.82) is 0 Å². The first-order valence-electron chi connectivity index (χ1n) is 8.99. The van der Waals surface area contributed by atoms with Crippen LogP contribution >= 0.6 is 27.5 Å². The standard InChI is InChI=1S/C20H21BrClN3O3/c21-15-3-1-14(2-4-15)20(27)23-8-7-19(26)24-17-13-16(22)5-6-18(17)25-9-11-28-12-10-25/h1-6,13H,7-12H2,(H,23,27)(H,24,26). The number of benzene rings is 2. The van der Waals surface area contributed by atoms with Crippen LogP contribution in [0.25, 0.3) is 0 Å². The van der Waals surface area contributed by atoms with Crippen molar-refractivity contribution >= 4 is 50.7 Å². The maximum absolute atomic E-state index is 12.4. The number of morpholine rings is 1. The summed E-state index contributed by atoms with van der Waals surface area (Å²) in [5, 5.41) is 6.21. The summed E-state index contributed by atoms with van der Waals surface area (Å²) in [6.07, 6.45) is 0.164. The van der Waals surface area contributed by atoms with E-state index in [4.69, 9.17) is 16.3 Å². The summed E-state index contributed by atoms with van der Waals surface area (Å²) in [5.41, 5.74) is 2.13. The lowest BCUT2D eigenvalue weighted by molar-refractivity contribution is -0.116. The van der Waals surface area contributed by atoms with E-state index >= 15 is 0 Å². The molecule has 1 aliphatic rings. The number of nitrogens with one attached hydrogen (secondary N) is 2. The Kier molecular flexibility index (Phi) is 7.30. The summed E-state index contributed by atoms with van der Waals surface area (Å²) in [6, 6.07) is 12.5. The van der Waals surface area contributed by atoms with E-state index in [2.05, 4.69) is 31.5 Å². The van der Waals surface area contributed by atoms with Crippen LogP contribution in [0.15, 0.2) is 46.9 Å². The molecule has 2 amide bonds. The number of halogens is 2. The molecule has 0 aromatic heterocycles. The summed E-state index contributed by atoms with van der Waals surface area (Å²) in [7, 11) is 0. The largest absolute Gasteiger partial charge is 0.378 e. The molecule has 2 aromatic carbocycles. The number of carbonyl (C=O) groups is 2. The minimum absolute atomic E-state index is 0.164. The van der Waals surface area contributed by atoms with Gasteiger partial charge in [0.25, 0.3) is 5.91 Å². The highest BCUT2D eigenvalue weighted by atomic mass is 79.9. The van der Waals surface area contributed by atoms with Crippen molar-refractivity contribution in [2.75, 3.05) is 43.1 Å². The number of rotatable bonds is 6. The number of ether oxygens (including phenoxy) is 1. The molecular formula is C20H21BrClN3O3. The lowest BCUT2D eigenvalue weighted by Gasteiger charge is -2.30. The van der Waals surface area contributed by atoms with Crippen molar-refractivity contribution in [1.82, 2.24) is 5.32 Å². The van der Waals surface area contributed by atoms with Gasteiger partial charge in [-0.15, -0.1) is 0 Å². The Hall–Kier alpha value is -2.09. The minimum atomic E-state index is -0.211. The number of nitrogens with zero attached hydrogens (tertiary/aromatic N) is 1. The normalized spacial score (nSPS) is 13.9. The van der Waals surface area contributed by atoms with Gasteiger partial charge in [0.15, 0.2) is 0 Å². The molecule has 8 heteroatoms. The molecule has 2 N–H and O–H groups in total. The van der Waals surface area contributed by atoms with Crippen molar-refractivity contribution in [3.63, 3.8) is 0 Å². The van der Waals surface area contributed by atoms with Crippen LogP contribution in [0, 0.1) is 0 Å². The molecule has 1 fully saturated rings. The topological polar surface area (TPSA) is 70.7 Å². The van der Waals surface area contributed by atoms with Gasteiger partial charge < -0.3 is 20.3 Å². The van der Waals surface area contributed by atoms with Gasteiger partial charge in [0.05, 0.1) is 24.6 Å². The third-order valence-electron chi connectivity index (χ3n) is 4.33. The Morgan fingerprint density at radius 1 is 1.11 bits per heavy atom. The Bertz CT molecular complexity index is 839. The summed E-state index contributed by atoms with van der Waals surface area (Å²) < 4.78 is 6.29. The fourth-order valence-corrected chi connectivity index (χ4v) is 3.33. The SMILES string of the molecule is O=C(CCNC(=O)c1ccc(Br)cc1)Nc1cc(Cl)ccc1N1CCOCC1. The van der Waals surface area contributed by atoms with E-state index in [1.165, 1.54) is 0 Å². The highest BCUT2D eigenvalue weighted by Gasteiger charge is 2.16. The van der Waals surface area contributed by atoms with Crippen molar-refractivity contribution in [2.45, 2.75) is 6.42 Å². The molecule has 6 nitrogen and oxygen atoms in total. The van der Waals surface area contributed by atoms with Gasteiger partial charge in [0.2, 0.25) is 5.91 Å². The molecule has 148 valence electrons. The smallest absolute Gasteiger partial charge is 0.251 e. The average molecular weight is 467 g/mol. The van der Waals surface area contributed by atoms with Gasteiger partial charge in [0.1, 0.15) is 0 Å². The lowest BCUT2D eigenvalue weighted by atomic mass is 10.2. The highest BCUT2D eigenvalue weighted by Crippen LogP contribution is 2.30. The van der Waals surface area contributed by atoms with Crippen LogP contribution in [-0.4, -0.2) is 44.7 Å². The molecule has 1 heterocycles. The molecule has 0 spiro atoms. The fourth-order valence-electron chi connectivity index (χ4n) is 2.89. The third-order valence-corrected chi connectivity index (χ3v) is 5.09. The summed E-state index contributed by atoms with van der Waals surface area (Å²) >= 11 is 9.44. The van der Waals surface area contributed by atoms with Crippen LogP contribution in [0.3, 0.4) is 0 Å². The van der Waals surface area contributed by atoms with Gasteiger partial charge in [-0.1, -0.05) is 27.5 Å². The zero-order valence-corrected chi connectivity index (χ0v) is 17.6. The zero-order chi connectivity index (χ0) is 19.9. The van der Waals surface area contributed by atoms with Crippen LogP contribution in [0.5, 0.6) is 0 Å². The van der Waals surface area contributed by atoms with Crippen LogP contribution in [0.2, 0.25) is 5.02 Å². The molecule has 0 aliphatic carbocycles. The van der Waals surface area contributed by atoms with Crippen molar-refractivity contribution in [3.05, 3.63) is 57.5 Å². The van der Waals surface area contributed by atoms with E-state index in [9.17, 15) is 9.59 Å². The molecule has 1 saturated heterocycles. The number of carbonyl (C=O) groups excluding carboxylic acids is 2. The van der Waals surface area contributed by atoms with Crippen LogP contribution in [0.1, 0.15) is 16.8 Å². The number of hydrogen-bond donors (Lipinski definition) is 2. The molecular weight excluding hydrogens is 446 g/mol. The van der Waals surface area contributed by atoms with Crippen LogP contribution in [0.4, 0.5) is 11.4 Å². The lowest BCUT2D eigenvalue weighted by Crippen LogP contribution is -2.36. The Morgan fingerprint density at radius 3 is 2.54 bits per heavy atom. The Balaban J connectivity index is 1.55. The number of amides is 2. The second-order valence-corrected chi connectivity index (χ2v) is 7.67. The van der Waals surface area contributed by atoms with Crippen molar-refractivity contribution < 1.29 is 14.3 Å². The van der Waals surface area contributed by atoms with E-state index in [1.54, 1.807) is 36.4 Å². The maximum atomic E-state index is 12.4. The van der Waals surface area contributed by atoms with Crippen LogP contribution in [-0.2, 0) is 9.53 Å². The van der Waals surface area contributed by atoms with Gasteiger partial charge in [-0.05, 0) is 42.5 Å². The van der Waals surface area contributed by atoms with Crippen molar-refractivity contribution in [2.24, 2.45) is 0 Å². The molecule has 3 rings (SSSR count). The monoisotopic (exact) mass is 465 g/mol. The van der Waals surface area contributed by atoms with E-state index < -0.39 is 0 Å². The third kappa shape index (κ3) is 5.70. The van der Waals surface area contributed by atoms with Gasteiger partial charge in [-0.3, -0.25) is 9.59 Å². The quantitative estimate of drug-likeness (QED) is 0.681. The van der Waals surface area contributed by atoms with Gasteiger partial charge in [-0.2, -0.15) is 0 Å². The van der Waals surface area contributed by atoms with Gasteiger partial charge in [-0.25, -0.2) is 0 Å². The molecule has 0 saturated carbocycles. The Labute approximate surface area is 177 Å². The molecule has 0 atom stereocenters. The molecule has 0 unspecified atom stereocenters. The van der Waals surface area contributed by atoms with E-state index in [1.807, 2.05) is 6.07 Å². The summed E-state index contributed by atoms with van der Waals surface area (Å²) in [4.78, 5) is 26.6. The molecule has 1 aliphatic heterocycles. The van der Waals surface area contributed by atoms with Gasteiger partial charge >= 0.3 is 0 Å². The maximum Gasteiger partial charge on any atom is 0.251 e. The predicted octanol–water partition coefficient (Wildman–Crippen LogP) is 3.70. The van der Waals surface area contributed by atoms with Crippen LogP contribution < -0.4 is 15.5 Å². The molecule has 2 aromatic rings. The second-order valence-electron chi connectivity index (χ2n) is 6.32. The molecule has 0 bridgehead atoms. The second kappa shape index (κ2) is 9.91. The van der Waals surface area contributed by atoms with E-state index in [0.717, 1.165) is 23.2 Å². The first-order chi connectivity index (χ1) is 13.5. The fraction of sp³-hybridized carbons (Fsp3) is 0.300. The zero-order valence-electron chi connectivity index (χ0n) is 15.2. The van der Waals surface area contributed by atoms with Crippen molar-refractivity contribution in [3.8, 4) is 0 Å². The van der Waals surface area contributed by atoms with Gasteiger partial charge in [0, 0.05) is 41.1 Å². The summed E-state index contributed by atoms with van der Waals surface area (Å²) in [6.45, 7) is 3.06. The summed E-state index contributed by atoms with van der Waals surface area (Å²) in [5.74, 6) is -0.398.